The maximum Gasteiger partial charge on any atom is 0.0929 e. The molecule has 4 heteroatoms. The maximum absolute atomic E-state index is 5.06. The van der Waals surface area contributed by atoms with Crippen LogP contribution < -0.4 is 5.32 Å². The Kier molecular flexibility index (Phi) is 6.02. The molecule has 108 valence electrons. The summed E-state index contributed by atoms with van der Waals surface area (Å²) in [7, 11) is 1.74. The number of rotatable bonds is 8. The molecule has 1 aromatic heterocycles. The lowest BCUT2D eigenvalue weighted by atomic mass is 10.2. The molecule has 0 amide bonds. The summed E-state index contributed by atoms with van der Waals surface area (Å²) in [4.78, 5) is 4.65. The van der Waals surface area contributed by atoms with Crippen LogP contribution in [0, 0.1) is 6.92 Å². The van der Waals surface area contributed by atoms with Crippen LogP contribution in [-0.2, 0) is 17.6 Å². The van der Waals surface area contributed by atoms with Crippen LogP contribution >= 0.6 is 11.3 Å². The zero-order valence-electron chi connectivity index (χ0n) is 12.2. The van der Waals surface area contributed by atoms with E-state index >= 15 is 0 Å². The Morgan fingerprint density at radius 3 is 2.75 bits per heavy atom. The van der Waals surface area contributed by atoms with Crippen LogP contribution in [0.1, 0.15) is 22.7 Å². The van der Waals surface area contributed by atoms with Crippen LogP contribution in [0.4, 0.5) is 5.69 Å². The van der Waals surface area contributed by atoms with Gasteiger partial charge in [0.25, 0.3) is 0 Å². The minimum absolute atomic E-state index is 0.809. The third kappa shape index (κ3) is 4.94. The number of hydrogen-bond donors (Lipinski definition) is 1. The zero-order chi connectivity index (χ0) is 14.2. The second-order valence-corrected chi connectivity index (χ2v) is 5.81. The van der Waals surface area contributed by atoms with E-state index in [0.717, 1.165) is 32.4 Å². The summed E-state index contributed by atoms with van der Waals surface area (Å²) in [5, 5.41) is 6.81. The molecule has 1 aromatic carbocycles. The van der Waals surface area contributed by atoms with Crippen molar-refractivity contribution in [3.8, 4) is 0 Å². The van der Waals surface area contributed by atoms with E-state index in [0.29, 0.717) is 0 Å². The number of nitrogens with zero attached hydrogens (tertiary/aromatic N) is 1. The Balaban J connectivity index is 1.72. The normalized spacial score (nSPS) is 10.7. The molecule has 0 unspecified atom stereocenters. The first-order chi connectivity index (χ1) is 9.78. The zero-order valence-corrected chi connectivity index (χ0v) is 13.0. The minimum atomic E-state index is 0.809. The van der Waals surface area contributed by atoms with E-state index in [4.69, 9.17) is 4.74 Å². The van der Waals surface area contributed by atoms with Crippen LogP contribution in [0.5, 0.6) is 0 Å². The molecule has 3 nitrogen and oxygen atoms in total. The molecule has 0 spiro atoms. The predicted octanol–water partition coefficient (Wildman–Crippen LogP) is 3.69. The molecule has 0 fully saturated rings. The van der Waals surface area contributed by atoms with Crippen molar-refractivity contribution in [2.75, 3.05) is 25.6 Å². The number of anilines is 1. The third-order valence-electron chi connectivity index (χ3n) is 3.10. The summed E-state index contributed by atoms with van der Waals surface area (Å²) in [6.07, 6.45) is 3.03. The van der Waals surface area contributed by atoms with E-state index in [1.54, 1.807) is 18.4 Å². The molecule has 0 radical (unpaired) electrons. The summed E-state index contributed by atoms with van der Waals surface area (Å²) in [6.45, 7) is 3.83. The lowest BCUT2D eigenvalue weighted by Gasteiger charge is -2.05. The number of ether oxygens (including phenoxy) is 1. The quantitative estimate of drug-likeness (QED) is 0.753. The van der Waals surface area contributed by atoms with Crippen molar-refractivity contribution in [3.63, 3.8) is 0 Å². The summed E-state index contributed by atoms with van der Waals surface area (Å²) < 4.78 is 5.06. The van der Waals surface area contributed by atoms with Gasteiger partial charge >= 0.3 is 0 Å². The molecule has 0 saturated carbocycles. The monoisotopic (exact) mass is 290 g/mol. The van der Waals surface area contributed by atoms with Crippen LogP contribution in [0.3, 0.4) is 0 Å². The Morgan fingerprint density at radius 1 is 1.20 bits per heavy atom. The van der Waals surface area contributed by atoms with E-state index in [1.165, 1.54) is 22.0 Å². The van der Waals surface area contributed by atoms with E-state index < -0.39 is 0 Å². The SMILES string of the molecule is COCCCc1nc(CCNc2ccc(C)cc2)cs1. The van der Waals surface area contributed by atoms with Gasteiger partial charge in [-0.05, 0) is 25.5 Å². The van der Waals surface area contributed by atoms with Crippen LogP contribution in [-0.4, -0.2) is 25.2 Å². The van der Waals surface area contributed by atoms with Gasteiger partial charge in [-0.2, -0.15) is 0 Å². The molecule has 2 aromatic rings. The van der Waals surface area contributed by atoms with Crippen molar-refractivity contribution in [2.24, 2.45) is 0 Å². The molecule has 2 rings (SSSR count). The highest BCUT2D eigenvalue weighted by Gasteiger charge is 2.02. The molecular weight excluding hydrogens is 268 g/mol. The molecule has 1 N–H and O–H groups in total. The van der Waals surface area contributed by atoms with Crippen LogP contribution in [0.2, 0.25) is 0 Å². The second-order valence-electron chi connectivity index (χ2n) is 4.87. The Bertz CT molecular complexity index is 507. The van der Waals surface area contributed by atoms with E-state index in [2.05, 4.69) is 46.9 Å². The van der Waals surface area contributed by atoms with Crippen molar-refractivity contribution >= 4 is 17.0 Å². The minimum Gasteiger partial charge on any atom is -0.385 e. The predicted molar refractivity (Wildman–Crippen MR) is 85.7 cm³/mol. The summed E-state index contributed by atoms with van der Waals surface area (Å²) >= 11 is 1.75. The molecule has 0 saturated heterocycles. The first kappa shape index (κ1) is 15.0. The number of nitrogens with one attached hydrogen (secondary N) is 1. The standard InChI is InChI=1S/C16H22N2OS/c1-13-5-7-14(8-6-13)17-10-9-15-12-20-16(18-15)4-3-11-19-2/h5-8,12,17H,3-4,9-11H2,1-2H3. The van der Waals surface area contributed by atoms with E-state index in [-0.39, 0.29) is 0 Å². The topological polar surface area (TPSA) is 34.1 Å². The van der Waals surface area contributed by atoms with Crippen molar-refractivity contribution in [3.05, 3.63) is 45.9 Å². The fourth-order valence-corrected chi connectivity index (χ4v) is 2.83. The first-order valence-electron chi connectivity index (χ1n) is 7.00. The van der Waals surface area contributed by atoms with E-state index in [1.807, 2.05) is 0 Å². The van der Waals surface area contributed by atoms with E-state index in [9.17, 15) is 0 Å². The molecule has 1 heterocycles. The Morgan fingerprint density at radius 2 is 2.00 bits per heavy atom. The summed E-state index contributed by atoms with van der Waals surface area (Å²) in [6, 6.07) is 8.48. The Labute approximate surface area is 125 Å². The highest BCUT2D eigenvalue weighted by atomic mass is 32.1. The van der Waals surface area contributed by atoms with Gasteiger partial charge in [0, 0.05) is 44.2 Å². The van der Waals surface area contributed by atoms with Gasteiger partial charge in [-0.25, -0.2) is 4.98 Å². The van der Waals surface area contributed by atoms with Gasteiger partial charge in [-0.15, -0.1) is 11.3 Å². The molecule has 0 aliphatic heterocycles. The third-order valence-corrected chi connectivity index (χ3v) is 4.06. The molecule has 20 heavy (non-hydrogen) atoms. The van der Waals surface area contributed by atoms with Gasteiger partial charge in [-0.3, -0.25) is 0 Å². The van der Waals surface area contributed by atoms with Gasteiger partial charge in [0.05, 0.1) is 10.7 Å². The average molecular weight is 290 g/mol. The number of thiazole rings is 1. The molecule has 0 atom stereocenters. The molecule has 0 aliphatic carbocycles. The van der Waals surface area contributed by atoms with Crippen LogP contribution in [0.25, 0.3) is 0 Å². The maximum atomic E-state index is 5.06. The number of aryl methyl sites for hydroxylation is 2. The average Bonchev–Trinajstić information content (AvgIpc) is 2.89. The van der Waals surface area contributed by atoms with Gasteiger partial charge < -0.3 is 10.1 Å². The number of hydrogen-bond acceptors (Lipinski definition) is 4. The number of aromatic nitrogens is 1. The second kappa shape index (κ2) is 8.02. The summed E-state index contributed by atoms with van der Waals surface area (Å²) in [5.74, 6) is 0. The van der Waals surface area contributed by atoms with Crippen molar-refractivity contribution < 1.29 is 4.74 Å². The van der Waals surface area contributed by atoms with Crippen molar-refractivity contribution in [1.82, 2.24) is 4.98 Å². The fraction of sp³-hybridized carbons (Fsp3) is 0.438. The van der Waals surface area contributed by atoms with Crippen LogP contribution in [0.15, 0.2) is 29.6 Å². The molecular formula is C16H22N2OS. The highest BCUT2D eigenvalue weighted by molar-refractivity contribution is 7.09. The van der Waals surface area contributed by atoms with Gasteiger partial charge in [0.15, 0.2) is 0 Å². The Hall–Kier alpha value is -1.39. The van der Waals surface area contributed by atoms with Gasteiger partial charge in [0.1, 0.15) is 0 Å². The van der Waals surface area contributed by atoms with Crippen molar-refractivity contribution in [2.45, 2.75) is 26.2 Å². The number of methoxy groups -OCH3 is 1. The first-order valence-corrected chi connectivity index (χ1v) is 7.88. The van der Waals surface area contributed by atoms with Gasteiger partial charge in [0.2, 0.25) is 0 Å². The lowest BCUT2D eigenvalue weighted by molar-refractivity contribution is 0.195. The van der Waals surface area contributed by atoms with Crippen molar-refractivity contribution in [1.29, 1.82) is 0 Å². The summed E-state index contributed by atoms with van der Waals surface area (Å²) in [5.41, 5.74) is 3.64. The highest BCUT2D eigenvalue weighted by Crippen LogP contribution is 2.13. The number of benzene rings is 1. The molecule has 0 bridgehead atoms. The largest absolute Gasteiger partial charge is 0.385 e. The fourth-order valence-electron chi connectivity index (χ4n) is 1.95. The lowest BCUT2D eigenvalue weighted by Crippen LogP contribution is -2.05. The smallest absolute Gasteiger partial charge is 0.0929 e. The van der Waals surface area contributed by atoms with Gasteiger partial charge in [-0.1, -0.05) is 17.7 Å². The molecule has 0 aliphatic rings.